The van der Waals surface area contributed by atoms with Gasteiger partial charge in [0.2, 0.25) is 5.91 Å². The lowest BCUT2D eigenvalue weighted by Gasteiger charge is -2.33. The number of hydrogen-bond donors (Lipinski definition) is 2. The van der Waals surface area contributed by atoms with Gasteiger partial charge in [0.1, 0.15) is 0 Å². The summed E-state index contributed by atoms with van der Waals surface area (Å²) in [6.07, 6.45) is -0.256. The molecule has 3 atom stereocenters. The first-order valence-corrected chi connectivity index (χ1v) is 12.4. The Morgan fingerprint density at radius 2 is 1.44 bits per heavy atom. The van der Waals surface area contributed by atoms with Gasteiger partial charge in [-0.15, -0.1) is 0 Å². The molecule has 134 valence electrons. The summed E-state index contributed by atoms with van der Waals surface area (Å²) < 4.78 is 0. The highest BCUT2D eigenvalue weighted by Gasteiger charge is 2.35. The van der Waals surface area contributed by atoms with Crippen molar-refractivity contribution in [1.82, 2.24) is 5.32 Å². The number of carbonyl (C=O) groups excluding carboxylic acids is 1. The second-order valence-corrected chi connectivity index (χ2v) is 13.2. The van der Waals surface area contributed by atoms with Crippen molar-refractivity contribution in [1.29, 1.82) is 0 Å². The Hall–Kier alpha value is -1.91. The van der Waals surface area contributed by atoms with Gasteiger partial charge in [-0.25, -0.2) is 0 Å². The highest BCUT2D eigenvalue weighted by Crippen LogP contribution is 2.38. The molecule has 3 nitrogen and oxygen atoms in total. The second kappa shape index (κ2) is 8.45. The van der Waals surface area contributed by atoms with E-state index < -0.39 is 14.2 Å². The van der Waals surface area contributed by atoms with E-state index in [4.69, 9.17) is 0 Å². The van der Waals surface area contributed by atoms with Gasteiger partial charge in [-0.1, -0.05) is 80.3 Å². The van der Waals surface area contributed by atoms with Crippen LogP contribution in [0.25, 0.3) is 0 Å². The molecule has 0 saturated heterocycles. The quantitative estimate of drug-likeness (QED) is 0.708. The molecule has 2 N–H and O–H groups in total. The van der Waals surface area contributed by atoms with Crippen LogP contribution in [0.15, 0.2) is 60.7 Å². The lowest BCUT2D eigenvalue weighted by Crippen LogP contribution is -2.37. The molecule has 0 unspecified atom stereocenters. The summed E-state index contributed by atoms with van der Waals surface area (Å²) in [6, 6.07) is 19.6. The zero-order valence-electron chi connectivity index (χ0n) is 15.6. The molecule has 0 saturated carbocycles. The van der Waals surface area contributed by atoms with Gasteiger partial charge in [0.05, 0.1) is 20.2 Å². The predicted molar refractivity (Wildman–Crippen MR) is 106 cm³/mol. The van der Waals surface area contributed by atoms with Crippen molar-refractivity contribution in [2.24, 2.45) is 0 Å². The van der Waals surface area contributed by atoms with E-state index in [0.29, 0.717) is 6.42 Å². The van der Waals surface area contributed by atoms with E-state index in [1.165, 1.54) is 0 Å². The van der Waals surface area contributed by atoms with Crippen LogP contribution < -0.4 is 5.32 Å². The Balaban J connectivity index is 2.08. The Bertz CT molecular complexity index is 667. The minimum Gasteiger partial charge on any atom is -0.388 e. The SMILES string of the molecule is C[C@H](NC(=O)C[C@@H]([C@@H](O)c1ccccc1)[Si](C)(C)C)c1ccccc1. The molecule has 0 aliphatic heterocycles. The van der Waals surface area contributed by atoms with Crippen LogP contribution in [-0.2, 0) is 4.79 Å². The summed E-state index contributed by atoms with van der Waals surface area (Å²) in [5, 5.41) is 13.9. The molecule has 0 aromatic heterocycles. The van der Waals surface area contributed by atoms with Crippen molar-refractivity contribution in [2.45, 2.75) is 50.7 Å². The second-order valence-electron chi connectivity index (χ2n) is 7.73. The molecule has 0 bridgehead atoms. The van der Waals surface area contributed by atoms with E-state index in [1.807, 2.05) is 67.6 Å². The van der Waals surface area contributed by atoms with E-state index in [-0.39, 0.29) is 17.5 Å². The zero-order chi connectivity index (χ0) is 18.4. The third kappa shape index (κ3) is 5.55. The third-order valence-corrected chi connectivity index (χ3v) is 7.46. The van der Waals surface area contributed by atoms with E-state index >= 15 is 0 Å². The first kappa shape index (κ1) is 19.4. The molecule has 0 aliphatic rings. The van der Waals surface area contributed by atoms with Gasteiger partial charge in [0, 0.05) is 6.42 Å². The van der Waals surface area contributed by atoms with Crippen molar-refractivity contribution in [3.63, 3.8) is 0 Å². The van der Waals surface area contributed by atoms with Gasteiger partial charge in [-0.05, 0) is 23.6 Å². The molecule has 2 aromatic rings. The van der Waals surface area contributed by atoms with Crippen LogP contribution in [0.1, 0.15) is 36.6 Å². The predicted octanol–water partition coefficient (Wildman–Crippen LogP) is 4.70. The summed E-state index contributed by atoms with van der Waals surface area (Å²) in [6.45, 7) is 8.61. The van der Waals surface area contributed by atoms with Gasteiger partial charge in [-0.3, -0.25) is 4.79 Å². The largest absolute Gasteiger partial charge is 0.388 e. The minimum atomic E-state index is -1.74. The van der Waals surface area contributed by atoms with Crippen molar-refractivity contribution < 1.29 is 9.90 Å². The molecule has 0 aliphatic carbocycles. The first-order chi connectivity index (χ1) is 11.8. The maximum absolute atomic E-state index is 12.6. The number of amides is 1. The van der Waals surface area contributed by atoms with Gasteiger partial charge < -0.3 is 10.4 Å². The lowest BCUT2D eigenvalue weighted by molar-refractivity contribution is -0.122. The molecule has 0 heterocycles. The number of hydrogen-bond acceptors (Lipinski definition) is 2. The number of carbonyl (C=O) groups is 1. The van der Waals surface area contributed by atoms with E-state index in [2.05, 4.69) is 25.0 Å². The average molecular weight is 356 g/mol. The molecule has 2 aromatic carbocycles. The van der Waals surface area contributed by atoms with Crippen molar-refractivity contribution in [2.75, 3.05) is 0 Å². The fourth-order valence-electron chi connectivity index (χ4n) is 3.10. The van der Waals surface area contributed by atoms with Gasteiger partial charge in [-0.2, -0.15) is 0 Å². The summed E-state index contributed by atoms with van der Waals surface area (Å²) in [4.78, 5) is 12.6. The Labute approximate surface area is 152 Å². The first-order valence-electron chi connectivity index (χ1n) is 8.86. The molecule has 2 rings (SSSR count). The van der Waals surface area contributed by atoms with Crippen molar-refractivity contribution in [3.05, 3.63) is 71.8 Å². The van der Waals surface area contributed by atoms with Crippen LogP contribution in [0.4, 0.5) is 0 Å². The number of aliphatic hydroxyl groups is 1. The van der Waals surface area contributed by atoms with Gasteiger partial charge >= 0.3 is 0 Å². The standard InChI is InChI=1S/C21H29NO2Si/c1-16(17-11-7-5-8-12-17)22-20(23)15-19(25(2,3)4)21(24)18-13-9-6-10-14-18/h5-14,16,19,21,24H,15H2,1-4H3,(H,22,23)/t16-,19-,21-/m0/s1. The Morgan fingerprint density at radius 3 is 1.92 bits per heavy atom. The maximum atomic E-state index is 12.6. The number of nitrogens with one attached hydrogen (secondary N) is 1. The zero-order valence-corrected chi connectivity index (χ0v) is 16.6. The van der Waals surface area contributed by atoms with Crippen LogP contribution in [0.3, 0.4) is 0 Å². The maximum Gasteiger partial charge on any atom is 0.220 e. The molecular weight excluding hydrogens is 326 g/mol. The lowest BCUT2D eigenvalue weighted by atomic mass is 10.0. The van der Waals surface area contributed by atoms with Crippen LogP contribution in [0, 0.1) is 0 Å². The van der Waals surface area contributed by atoms with Crippen LogP contribution >= 0.6 is 0 Å². The molecule has 4 heteroatoms. The fraction of sp³-hybridized carbons (Fsp3) is 0.381. The van der Waals surface area contributed by atoms with Crippen molar-refractivity contribution in [3.8, 4) is 0 Å². The van der Waals surface area contributed by atoms with Crippen LogP contribution in [-0.4, -0.2) is 19.1 Å². The topological polar surface area (TPSA) is 49.3 Å². The van der Waals surface area contributed by atoms with E-state index in [9.17, 15) is 9.90 Å². The molecule has 25 heavy (non-hydrogen) atoms. The number of aliphatic hydroxyl groups excluding tert-OH is 1. The smallest absolute Gasteiger partial charge is 0.220 e. The Morgan fingerprint density at radius 1 is 0.960 bits per heavy atom. The molecule has 0 spiro atoms. The van der Waals surface area contributed by atoms with E-state index in [1.54, 1.807) is 0 Å². The normalized spacial score (nSPS) is 15.2. The summed E-state index contributed by atoms with van der Waals surface area (Å²) >= 11 is 0. The minimum absolute atomic E-state index is 0.00115. The van der Waals surface area contributed by atoms with E-state index in [0.717, 1.165) is 11.1 Å². The molecule has 1 amide bonds. The summed E-state index contributed by atoms with van der Waals surface area (Å²) in [5.41, 5.74) is 1.95. The molecule has 0 radical (unpaired) electrons. The molecular formula is C21H29NO2Si. The summed E-state index contributed by atoms with van der Waals surface area (Å²) in [7, 11) is -1.74. The van der Waals surface area contributed by atoms with Crippen LogP contribution in [0.5, 0.6) is 0 Å². The highest BCUT2D eigenvalue weighted by atomic mass is 28.3. The fourth-order valence-corrected chi connectivity index (χ4v) is 5.04. The van der Waals surface area contributed by atoms with Gasteiger partial charge in [0.15, 0.2) is 0 Å². The van der Waals surface area contributed by atoms with Crippen LogP contribution in [0.2, 0.25) is 25.2 Å². The molecule has 0 fully saturated rings. The monoisotopic (exact) mass is 355 g/mol. The van der Waals surface area contributed by atoms with Crippen molar-refractivity contribution >= 4 is 14.0 Å². The number of benzene rings is 2. The number of rotatable bonds is 7. The Kier molecular flexibility index (Phi) is 6.56. The summed E-state index contributed by atoms with van der Waals surface area (Å²) in [5.74, 6) is -0.00115. The van der Waals surface area contributed by atoms with Gasteiger partial charge in [0.25, 0.3) is 0 Å². The average Bonchev–Trinajstić information content (AvgIpc) is 2.59. The highest BCUT2D eigenvalue weighted by molar-refractivity contribution is 6.77. The third-order valence-electron chi connectivity index (χ3n) is 4.72.